The van der Waals surface area contributed by atoms with E-state index in [0.29, 0.717) is 50.1 Å². The lowest BCUT2D eigenvalue weighted by Gasteiger charge is -2.36. The Labute approximate surface area is 233 Å². The predicted octanol–water partition coefficient (Wildman–Crippen LogP) is 3.56. The third-order valence-electron chi connectivity index (χ3n) is 6.60. The molecule has 1 aromatic heterocycles. The Bertz CT molecular complexity index is 1360. The number of amides is 1. The van der Waals surface area contributed by atoms with Gasteiger partial charge in [0.2, 0.25) is 5.95 Å². The molecule has 0 saturated carbocycles. The van der Waals surface area contributed by atoms with Gasteiger partial charge in [-0.15, -0.1) is 0 Å². The normalized spacial score (nSPS) is 18.4. The van der Waals surface area contributed by atoms with Crippen molar-refractivity contribution in [3.63, 3.8) is 0 Å². The van der Waals surface area contributed by atoms with E-state index in [1.54, 1.807) is 4.90 Å². The molecular formula is C25H29F5N4O6S. The first-order valence-corrected chi connectivity index (χ1v) is 14.4. The number of carboxylic acids is 1. The fourth-order valence-corrected chi connectivity index (χ4v) is 5.09. The summed E-state index contributed by atoms with van der Waals surface area (Å²) in [4.78, 5) is 33.9. The van der Waals surface area contributed by atoms with Crippen LogP contribution in [0.25, 0.3) is 0 Å². The van der Waals surface area contributed by atoms with Crippen LogP contribution >= 0.6 is 0 Å². The minimum Gasteiger partial charge on any atom is -0.477 e. The minimum atomic E-state index is -5.08. The number of aliphatic carboxylic acids is 1. The topological polar surface area (TPSA) is 130 Å². The third-order valence-corrected chi connectivity index (χ3v) is 7.71. The van der Waals surface area contributed by atoms with Crippen LogP contribution in [0.4, 0.5) is 27.9 Å². The Morgan fingerprint density at radius 2 is 1.61 bits per heavy atom. The molecule has 0 aliphatic carbocycles. The van der Waals surface area contributed by atoms with Crippen molar-refractivity contribution in [3.8, 4) is 5.75 Å². The molecule has 0 bridgehead atoms. The molecule has 3 heterocycles. The van der Waals surface area contributed by atoms with Crippen LogP contribution in [-0.2, 0) is 19.4 Å². The predicted molar refractivity (Wildman–Crippen MR) is 135 cm³/mol. The summed E-state index contributed by atoms with van der Waals surface area (Å²) >= 11 is 0. The van der Waals surface area contributed by atoms with E-state index in [1.165, 1.54) is 0 Å². The molecule has 41 heavy (non-hydrogen) atoms. The second kappa shape index (κ2) is 12.5. The number of alkyl halides is 3. The van der Waals surface area contributed by atoms with Gasteiger partial charge in [0.05, 0.1) is 0 Å². The number of hydrogen-bond acceptors (Lipinski definition) is 8. The number of carbonyl (C=O) groups is 2. The highest BCUT2D eigenvalue weighted by Gasteiger charge is 2.40. The van der Waals surface area contributed by atoms with Gasteiger partial charge >= 0.3 is 12.1 Å². The summed E-state index contributed by atoms with van der Waals surface area (Å²) in [5.74, 6) is -4.61. The summed E-state index contributed by atoms with van der Waals surface area (Å²) in [7, 11) is -3.92. The number of carbonyl (C=O) groups excluding carboxylic acids is 1. The summed E-state index contributed by atoms with van der Waals surface area (Å²) in [6, 6.07) is 1.29. The summed E-state index contributed by atoms with van der Waals surface area (Å²) in [5.41, 5.74) is 1.08. The molecule has 1 amide bonds. The molecule has 2 saturated heterocycles. The van der Waals surface area contributed by atoms with Crippen molar-refractivity contribution in [3.05, 3.63) is 41.7 Å². The summed E-state index contributed by atoms with van der Waals surface area (Å²) < 4.78 is 88.9. The molecule has 2 aliphatic rings. The minimum absolute atomic E-state index is 0.0153. The van der Waals surface area contributed by atoms with Crippen LogP contribution in [0.1, 0.15) is 44.6 Å². The summed E-state index contributed by atoms with van der Waals surface area (Å²) in [6.07, 6.45) is 0.267. The number of sulfone groups is 1. The van der Waals surface area contributed by atoms with E-state index in [1.807, 2.05) is 12.4 Å². The molecule has 2 aromatic rings. The molecule has 10 nitrogen and oxygen atoms in total. The highest BCUT2D eigenvalue weighted by Crippen LogP contribution is 2.30. The number of aromatic nitrogens is 2. The first kappa shape index (κ1) is 32.0. The zero-order valence-electron chi connectivity index (χ0n) is 22.4. The molecule has 4 rings (SSSR count). The van der Waals surface area contributed by atoms with Gasteiger partial charge < -0.3 is 19.6 Å². The molecule has 0 radical (unpaired) electrons. The van der Waals surface area contributed by atoms with Crippen molar-refractivity contribution in [2.24, 2.45) is 0 Å². The number of halogens is 5. The first-order valence-electron chi connectivity index (χ1n) is 12.5. The quantitative estimate of drug-likeness (QED) is 0.490. The number of hydrogen-bond donors (Lipinski definition) is 1. The Morgan fingerprint density at radius 1 is 1.05 bits per heavy atom. The number of benzene rings is 1. The van der Waals surface area contributed by atoms with Gasteiger partial charge in [0, 0.05) is 56.8 Å². The zero-order valence-corrected chi connectivity index (χ0v) is 23.2. The second-order valence-corrected chi connectivity index (χ2v) is 11.9. The summed E-state index contributed by atoms with van der Waals surface area (Å²) in [6.45, 7) is 6.04. The average molecular weight is 609 g/mol. The maximum atomic E-state index is 14.4. The van der Waals surface area contributed by atoms with E-state index in [4.69, 9.17) is 14.6 Å². The lowest BCUT2D eigenvalue weighted by molar-refractivity contribution is -0.192. The van der Waals surface area contributed by atoms with Gasteiger partial charge in [-0.3, -0.25) is 4.79 Å². The molecule has 0 spiro atoms. The van der Waals surface area contributed by atoms with E-state index in [0.717, 1.165) is 24.7 Å². The van der Waals surface area contributed by atoms with E-state index >= 15 is 0 Å². The smallest absolute Gasteiger partial charge is 0.477 e. The SMILES string of the molecule is CC(C)c1cnc(N2CCC(N3CCC(Oc4cc(F)c(S(C)(=O)=O)cc4F)C3=O)CC2)nc1.O=C(O)C(F)(F)F. The average Bonchev–Trinajstić information content (AvgIpc) is 3.25. The Morgan fingerprint density at radius 3 is 2.10 bits per heavy atom. The van der Waals surface area contributed by atoms with Crippen molar-refractivity contribution in [1.29, 1.82) is 0 Å². The number of nitrogens with zero attached hydrogens (tertiary/aromatic N) is 4. The molecule has 1 N–H and O–H groups in total. The Balaban J connectivity index is 0.000000587. The van der Waals surface area contributed by atoms with Gasteiger partial charge in [0.1, 0.15) is 10.7 Å². The fraction of sp³-hybridized carbons (Fsp3) is 0.520. The standard InChI is InChI=1S/C23H28F2N4O4S.C2HF3O2/c1-14(2)15-12-26-23(27-13-15)28-7-4-16(5-8-28)29-9-6-19(22(29)30)33-20-10-18(25)21(11-17(20)24)34(3,31)32;3-2(4,5)1(6)7/h10-14,16,19H,4-9H2,1-3H3;(H,6,7). The van der Waals surface area contributed by atoms with Gasteiger partial charge in [-0.1, -0.05) is 13.8 Å². The van der Waals surface area contributed by atoms with E-state index < -0.39 is 50.4 Å². The largest absolute Gasteiger partial charge is 0.490 e. The lowest BCUT2D eigenvalue weighted by atomic mass is 10.0. The fourth-order valence-electron chi connectivity index (χ4n) is 4.36. The molecule has 226 valence electrons. The van der Waals surface area contributed by atoms with Crippen molar-refractivity contribution < 1.29 is 49.8 Å². The molecular weight excluding hydrogens is 579 g/mol. The highest BCUT2D eigenvalue weighted by atomic mass is 32.2. The monoisotopic (exact) mass is 608 g/mol. The van der Waals surface area contributed by atoms with Crippen LogP contribution in [-0.4, -0.2) is 84.5 Å². The Hall–Kier alpha value is -3.56. The van der Waals surface area contributed by atoms with Crippen molar-refractivity contribution in [1.82, 2.24) is 14.9 Å². The van der Waals surface area contributed by atoms with E-state index in [9.17, 15) is 35.2 Å². The van der Waals surface area contributed by atoms with Crippen LogP contribution in [0.3, 0.4) is 0 Å². The lowest BCUT2D eigenvalue weighted by Crippen LogP contribution is -2.47. The Kier molecular flexibility index (Phi) is 9.77. The van der Waals surface area contributed by atoms with Crippen LogP contribution in [0.2, 0.25) is 0 Å². The maximum absolute atomic E-state index is 14.4. The highest BCUT2D eigenvalue weighted by molar-refractivity contribution is 7.90. The number of rotatable bonds is 6. The molecule has 16 heteroatoms. The second-order valence-electron chi connectivity index (χ2n) is 9.90. The van der Waals surface area contributed by atoms with Crippen LogP contribution in [0, 0.1) is 11.6 Å². The molecule has 1 aromatic carbocycles. The van der Waals surface area contributed by atoms with Crippen molar-refractivity contribution >= 4 is 27.7 Å². The summed E-state index contributed by atoms with van der Waals surface area (Å²) in [5, 5.41) is 7.12. The maximum Gasteiger partial charge on any atom is 0.490 e. The van der Waals surface area contributed by atoms with Crippen LogP contribution < -0.4 is 9.64 Å². The third kappa shape index (κ3) is 8.01. The van der Waals surface area contributed by atoms with Crippen LogP contribution in [0.5, 0.6) is 5.75 Å². The van der Waals surface area contributed by atoms with Crippen molar-refractivity contribution in [2.45, 2.75) is 62.2 Å². The first-order chi connectivity index (χ1) is 19.0. The number of piperidine rings is 1. The van der Waals surface area contributed by atoms with Crippen LogP contribution in [0.15, 0.2) is 29.4 Å². The number of likely N-dealkylation sites (tertiary alicyclic amines) is 1. The molecule has 1 atom stereocenters. The van der Waals surface area contributed by atoms with Gasteiger partial charge in [0.25, 0.3) is 5.91 Å². The molecule has 2 aliphatic heterocycles. The van der Waals surface area contributed by atoms with Gasteiger partial charge in [0.15, 0.2) is 27.5 Å². The zero-order chi connectivity index (χ0) is 30.7. The number of ether oxygens (including phenoxy) is 1. The molecule has 2 fully saturated rings. The van der Waals surface area contributed by atoms with Gasteiger partial charge in [-0.25, -0.2) is 32.0 Å². The van der Waals surface area contributed by atoms with E-state index in [-0.39, 0.29) is 11.9 Å². The number of carboxylic acid groups (broad SMARTS) is 1. The van der Waals surface area contributed by atoms with Gasteiger partial charge in [-0.05, 0) is 30.4 Å². The van der Waals surface area contributed by atoms with E-state index in [2.05, 4.69) is 28.7 Å². The molecule has 1 unspecified atom stereocenters. The van der Waals surface area contributed by atoms with Crippen molar-refractivity contribution in [2.75, 3.05) is 30.8 Å². The van der Waals surface area contributed by atoms with Gasteiger partial charge in [-0.2, -0.15) is 13.2 Å². The number of anilines is 1.